The predicted molar refractivity (Wildman–Crippen MR) is 86.8 cm³/mol. The van der Waals surface area contributed by atoms with E-state index in [2.05, 4.69) is 34.5 Å². The maximum Gasteiger partial charge on any atom is 0.234 e. The number of nitrogens with one attached hydrogen (secondary N) is 1. The lowest BCUT2D eigenvalue weighted by Crippen LogP contribution is -2.44. The van der Waals surface area contributed by atoms with E-state index in [-0.39, 0.29) is 12.0 Å². The number of piperidine rings is 1. The first kappa shape index (κ1) is 15.5. The SMILES string of the molecule is O=C(CN1CCCC(O)C1)NCC1CCCc2ccccc21. The van der Waals surface area contributed by atoms with Gasteiger partial charge in [0, 0.05) is 19.0 Å². The average molecular weight is 302 g/mol. The summed E-state index contributed by atoms with van der Waals surface area (Å²) >= 11 is 0. The zero-order chi connectivity index (χ0) is 15.4. The van der Waals surface area contributed by atoms with Crippen molar-refractivity contribution in [2.75, 3.05) is 26.2 Å². The number of amides is 1. The van der Waals surface area contributed by atoms with Gasteiger partial charge in [0.15, 0.2) is 0 Å². The first-order valence-electron chi connectivity index (χ1n) is 8.47. The van der Waals surface area contributed by atoms with Crippen LogP contribution in [0, 0.1) is 0 Å². The van der Waals surface area contributed by atoms with E-state index in [1.54, 1.807) is 0 Å². The van der Waals surface area contributed by atoms with Crippen LogP contribution in [0.15, 0.2) is 24.3 Å². The van der Waals surface area contributed by atoms with E-state index in [1.807, 2.05) is 0 Å². The minimum absolute atomic E-state index is 0.0807. The van der Waals surface area contributed by atoms with E-state index >= 15 is 0 Å². The van der Waals surface area contributed by atoms with Gasteiger partial charge in [-0.2, -0.15) is 0 Å². The van der Waals surface area contributed by atoms with Crippen molar-refractivity contribution in [1.29, 1.82) is 0 Å². The summed E-state index contributed by atoms with van der Waals surface area (Å²) in [4.78, 5) is 14.2. The molecule has 120 valence electrons. The Hall–Kier alpha value is -1.39. The van der Waals surface area contributed by atoms with Gasteiger partial charge in [-0.15, -0.1) is 0 Å². The van der Waals surface area contributed by atoms with Gasteiger partial charge in [0.2, 0.25) is 5.91 Å². The minimum Gasteiger partial charge on any atom is -0.392 e. The monoisotopic (exact) mass is 302 g/mol. The lowest BCUT2D eigenvalue weighted by Gasteiger charge is -2.30. The Balaban J connectivity index is 1.49. The molecule has 1 aromatic carbocycles. The fourth-order valence-corrected chi connectivity index (χ4v) is 3.74. The van der Waals surface area contributed by atoms with Crippen LogP contribution in [0.3, 0.4) is 0 Å². The van der Waals surface area contributed by atoms with Gasteiger partial charge in [-0.05, 0) is 49.8 Å². The van der Waals surface area contributed by atoms with Crippen LogP contribution in [0.1, 0.15) is 42.7 Å². The summed E-state index contributed by atoms with van der Waals surface area (Å²) in [7, 11) is 0. The lowest BCUT2D eigenvalue weighted by molar-refractivity contribution is -0.123. The van der Waals surface area contributed by atoms with Crippen LogP contribution in [0.2, 0.25) is 0 Å². The molecule has 4 nitrogen and oxygen atoms in total. The molecular formula is C18H26N2O2. The third kappa shape index (κ3) is 3.87. The van der Waals surface area contributed by atoms with Gasteiger partial charge in [-0.25, -0.2) is 0 Å². The van der Waals surface area contributed by atoms with Crippen LogP contribution in [0.5, 0.6) is 0 Å². The van der Waals surface area contributed by atoms with Crippen molar-refractivity contribution in [1.82, 2.24) is 10.2 Å². The van der Waals surface area contributed by atoms with E-state index in [4.69, 9.17) is 0 Å². The number of likely N-dealkylation sites (tertiary alicyclic amines) is 1. The molecule has 0 spiro atoms. The minimum atomic E-state index is -0.272. The largest absolute Gasteiger partial charge is 0.392 e. The van der Waals surface area contributed by atoms with Gasteiger partial charge >= 0.3 is 0 Å². The lowest BCUT2D eigenvalue weighted by atomic mass is 9.83. The highest BCUT2D eigenvalue weighted by molar-refractivity contribution is 5.78. The number of hydrogen-bond acceptors (Lipinski definition) is 3. The van der Waals surface area contributed by atoms with E-state index in [1.165, 1.54) is 17.5 Å². The van der Waals surface area contributed by atoms with Crippen LogP contribution >= 0.6 is 0 Å². The number of aryl methyl sites for hydroxylation is 1. The van der Waals surface area contributed by atoms with Crippen LogP contribution < -0.4 is 5.32 Å². The maximum absolute atomic E-state index is 12.1. The Morgan fingerprint density at radius 3 is 3.00 bits per heavy atom. The number of β-amino-alcohol motifs (C(OH)–C–C–N with tert-alkyl or cyclic N) is 1. The molecule has 1 heterocycles. The molecule has 2 aliphatic rings. The van der Waals surface area contributed by atoms with Gasteiger partial charge in [-0.3, -0.25) is 9.69 Å². The van der Waals surface area contributed by atoms with Gasteiger partial charge in [0.1, 0.15) is 0 Å². The summed E-state index contributed by atoms with van der Waals surface area (Å²) in [5.41, 5.74) is 2.84. The number of carbonyl (C=O) groups is 1. The molecule has 2 N–H and O–H groups in total. The Labute approximate surface area is 132 Å². The van der Waals surface area contributed by atoms with Crippen molar-refractivity contribution in [2.24, 2.45) is 0 Å². The van der Waals surface area contributed by atoms with Gasteiger partial charge in [-0.1, -0.05) is 24.3 Å². The second-order valence-electron chi connectivity index (χ2n) is 6.62. The van der Waals surface area contributed by atoms with Crippen LogP contribution in [0.25, 0.3) is 0 Å². The van der Waals surface area contributed by atoms with Gasteiger partial charge < -0.3 is 10.4 Å². The third-order valence-corrected chi connectivity index (χ3v) is 4.89. The smallest absolute Gasteiger partial charge is 0.234 e. The molecule has 2 unspecified atom stereocenters. The topological polar surface area (TPSA) is 52.6 Å². The number of hydrogen-bond donors (Lipinski definition) is 2. The highest BCUT2D eigenvalue weighted by Crippen LogP contribution is 2.30. The van der Waals surface area contributed by atoms with E-state index in [0.717, 1.165) is 38.8 Å². The predicted octanol–water partition coefficient (Wildman–Crippen LogP) is 1.68. The van der Waals surface area contributed by atoms with E-state index in [9.17, 15) is 9.90 Å². The average Bonchev–Trinajstić information content (AvgIpc) is 2.53. The molecule has 1 aromatic rings. The molecule has 1 amide bonds. The Kier molecular flexibility index (Phi) is 5.11. The number of aliphatic hydroxyl groups excluding tert-OH is 1. The van der Waals surface area contributed by atoms with Gasteiger partial charge in [0.25, 0.3) is 0 Å². The summed E-state index contributed by atoms with van der Waals surface area (Å²) < 4.78 is 0. The first-order chi connectivity index (χ1) is 10.7. The first-order valence-corrected chi connectivity index (χ1v) is 8.47. The highest BCUT2D eigenvalue weighted by Gasteiger charge is 2.22. The van der Waals surface area contributed by atoms with E-state index < -0.39 is 0 Å². The third-order valence-electron chi connectivity index (χ3n) is 4.89. The fourth-order valence-electron chi connectivity index (χ4n) is 3.74. The van der Waals surface area contributed by atoms with Crippen molar-refractivity contribution in [3.05, 3.63) is 35.4 Å². The van der Waals surface area contributed by atoms with Gasteiger partial charge in [0.05, 0.1) is 12.6 Å². The number of benzene rings is 1. The standard InChI is InChI=1S/C18H26N2O2/c21-16-8-4-10-20(12-16)13-18(22)19-11-15-7-3-6-14-5-1-2-9-17(14)15/h1-2,5,9,15-16,21H,3-4,6-8,10-13H2,(H,19,22). The summed E-state index contributed by atoms with van der Waals surface area (Å²) in [5, 5.41) is 12.8. The number of rotatable bonds is 4. The van der Waals surface area contributed by atoms with Crippen LogP contribution in [-0.4, -0.2) is 48.2 Å². The quantitative estimate of drug-likeness (QED) is 0.890. The molecule has 0 bridgehead atoms. The molecule has 0 aromatic heterocycles. The van der Waals surface area contributed by atoms with Crippen molar-refractivity contribution >= 4 is 5.91 Å². The fraction of sp³-hybridized carbons (Fsp3) is 0.611. The molecule has 1 fully saturated rings. The zero-order valence-electron chi connectivity index (χ0n) is 13.1. The molecule has 4 heteroatoms. The molecule has 0 radical (unpaired) electrons. The highest BCUT2D eigenvalue weighted by atomic mass is 16.3. The number of nitrogens with zero attached hydrogens (tertiary/aromatic N) is 1. The zero-order valence-corrected chi connectivity index (χ0v) is 13.1. The number of fused-ring (bicyclic) bond motifs is 1. The number of carbonyl (C=O) groups excluding carboxylic acids is 1. The van der Waals surface area contributed by atoms with Crippen LogP contribution in [0.4, 0.5) is 0 Å². The van der Waals surface area contributed by atoms with Crippen LogP contribution in [-0.2, 0) is 11.2 Å². The van der Waals surface area contributed by atoms with E-state index in [0.29, 0.717) is 19.0 Å². The Morgan fingerprint density at radius 2 is 2.14 bits per heavy atom. The molecular weight excluding hydrogens is 276 g/mol. The second kappa shape index (κ2) is 7.25. The summed E-state index contributed by atoms with van der Waals surface area (Å²) in [6.07, 6.45) is 5.08. The van der Waals surface area contributed by atoms with Crippen molar-refractivity contribution in [2.45, 2.75) is 44.1 Å². The summed E-state index contributed by atoms with van der Waals surface area (Å²) in [6.45, 7) is 2.67. The number of aliphatic hydroxyl groups is 1. The van der Waals surface area contributed by atoms with Crippen molar-refractivity contribution < 1.29 is 9.90 Å². The Bertz CT molecular complexity index is 518. The van der Waals surface area contributed by atoms with Crippen molar-refractivity contribution in [3.63, 3.8) is 0 Å². The molecule has 1 saturated heterocycles. The molecule has 1 aliphatic carbocycles. The molecule has 2 atom stereocenters. The maximum atomic E-state index is 12.1. The second-order valence-corrected chi connectivity index (χ2v) is 6.62. The summed E-state index contributed by atoms with van der Waals surface area (Å²) in [5.74, 6) is 0.526. The summed E-state index contributed by atoms with van der Waals surface area (Å²) in [6, 6.07) is 8.60. The molecule has 3 rings (SSSR count). The normalized spacial score (nSPS) is 25.5. The molecule has 22 heavy (non-hydrogen) atoms. The molecule has 0 saturated carbocycles. The molecule has 1 aliphatic heterocycles. The Morgan fingerprint density at radius 1 is 1.27 bits per heavy atom. The van der Waals surface area contributed by atoms with Crippen molar-refractivity contribution in [3.8, 4) is 0 Å².